The van der Waals surface area contributed by atoms with Gasteiger partial charge in [-0.25, -0.2) is 12.7 Å². The Bertz CT molecular complexity index is 278. The monoisotopic (exact) mass is 250 g/mol. The van der Waals surface area contributed by atoms with E-state index in [-0.39, 0.29) is 5.25 Å². The zero-order chi connectivity index (χ0) is 12.8. The molecule has 4 nitrogen and oxygen atoms in total. The predicted molar refractivity (Wildman–Crippen MR) is 69.0 cm³/mol. The van der Waals surface area contributed by atoms with Crippen molar-refractivity contribution >= 4 is 10.0 Å². The molecular weight excluding hydrogens is 224 g/mol. The molecule has 0 saturated heterocycles. The number of nitrogens with one attached hydrogen (secondary N) is 1. The van der Waals surface area contributed by atoms with Crippen LogP contribution in [0.3, 0.4) is 0 Å². The summed E-state index contributed by atoms with van der Waals surface area (Å²) in [6.07, 6.45) is 1.01. The van der Waals surface area contributed by atoms with Crippen molar-refractivity contribution in [3.8, 4) is 0 Å². The molecule has 0 aliphatic carbocycles. The first-order valence-electron chi connectivity index (χ1n) is 6.03. The van der Waals surface area contributed by atoms with E-state index in [0.717, 1.165) is 6.42 Å². The SMILES string of the molecule is CCC(C)CN(CC)S(=O)(=O)C(C)CNC. The van der Waals surface area contributed by atoms with E-state index < -0.39 is 10.0 Å². The summed E-state index contributed by atoms with van der Waals surface area (Å²) in [5.41, 5.74) is 0. The highest BCUT2D eigenvalue weighted by Crippen LogP contribution is 2.12. The fraction of sp³-hybridized carbons (Fsp3) is 1.00. The summed E-state index contributed by atoms with van der Waals surface area (Å²) >= 11 is 0. The van der Waals surface area contributed by atoms with Gasteiger partial charge in [-0.05, 0) is 19.9 Å². The third-order valence-electron chi connectivity index (χ3n) is 2.92. The second kappa shape index (κ2) is 7.25. The van der Waals surface area contributed by atoms with Crippen LogP contribution in [-0.4, -0.2) is 44.7 Å². The molecule has 0 saturated carbocycles. The molecule has 0 heterocycles. The predicted octanol–water partition coefficient (Wildman–Crippen LogP) is 1.29. The Morgan fingerprint density at radius 3 is 2.19 bits per heavy atom. The molecule has 0 aromatic carbocycles. The van der Waals surface area contributed by atoms with Gasteiger partial charge >= 0.3 is 0 Å². The van der Waals surface area contributed by atoms with E-state index >= 15 is 0 Å². The van der Waals surface area contributed by atoms with Gasteiger partial charge in [0.1, 0.15) is 0 Å². The molecule has 98 valence electrons. The van der Waals surface area contributed by atoms with Crippen LogP contribution < -0.4 is 5.32 Å². The second-order valence-electron chi connectivity index (χ2n) is 4.38. The summed E-state index contributed by atoms with van der Waals surface area (Å²) in [4.78, 5) is 0. The third kappa shape index (κ3) is 4.39. The lowest BCUT2D eigenvalue weighted by molar-refractivity contribution is 0.357. The Hall–Kier alpha value is -0.130. The molecular formula is C11H26N2O2S. The highest BCUT2D eigenvalue weighted by atomic mass is 32.2. The zero-order valence-corrected chi connectivity index (χ0v) is 12.0. The summed E-state index contributed by atoms with van der Waals surface area (Å²) in [6.45, 7) is 9.50. The summed E-state index contributed by atoms with van der Waals surface area (Å²) in [6, 6.07) is 0. The van der Waals surface area contributed by atoms with Crippen molar-refractivity contribution < 1.29 is 8.42 Å². The Balaban J connectivity index is 4.67. The molecule has 16 heavy (non-hydrogen) atoms. The fourth-order valence-corrected chi connectivity index (χ4v) is 3.25. The van der Waals surface area contributed by atoms with Gasteiger partial charge in [-0.15, -0.1) is 0 Å². The molecule has 2 unspecified atom stereocenters. The van der Waals surface area contributed by atoms with Crippen LogP contribution in [0.15, 0.2) is 0 Å². The van der Waals surface area contributed by atoms with Gasteiger partial charge in [0, 0.05) is 19.6 Å². The number of rotatable bonds is 8. The summed E-state index contributed by atoms with van der Waals surface area (Å²) < 4.78 is 26.0. The lowest BCUT2D eigenvalue weighted by Crippen LogP contribution is -2.43. The number of hydrogen-bond donors (Lipinski definition) is 1. The summed E-state index contributed by atoms with van der Waals surface area (Å²) in [5, 5.41) is 2.55. The molecule has 0 aliphatic heterocycles. The van der Waals surface area contributed by atoms with Crippen LogP contribution in [-0.2, 0) is 10.0 Å². The Morgan fingerprint density at radius 2 is 1.81 bits per heavy atom. The first-order chi connectivity index (χ1) is 7.39. The molecule has 1 N–H and O–H groups in total. The number of nitrogens with zero attached hydrogens (tertiary/aromatic N) is 1. The molecule has 2 atom stereocenters. The summed E-state index contributed by atoms with van der Waals surface area (Å²) in [5.74, 6) is 0.413. The highest BCUT2D eigenvalue weighted by molar-refractivity contribution is 7.89. The van der Waals surface area contributed by atoms with Crippen molar-refractivity contribution in [1.29, 1.82) is 0 Å². The van der Waals surface area contributed by atoms with Crippen LogP contribution in [0, 0.1) is 5.92 Å². The molecule has 5 heteroatoms. The van der Waals surface area contributed by atoms with Crippen LogP contribution in [0.5, 0.6) is 0 Å². The van der Waals surface area contributed by atoms with Gasteiger partial charge < -0.3 is 5.32 Å². The molecule has 0 aromatic rings. The van der Waals surface area contributed by atoms with Crippen molar-refractivity contribution in [2.75, 3.05) is 26.7 Å². The normalized spacial score (nSPS) is 16.4. The number of sulfonamides is 1. The van der Waals surface area contributed by atoms with Crippen molar-refractivity contribution in [2.45, 2.75) is 39.4 Å². The fourth-order valence-electron chi connectivity index (χ4n) is 1.54. The quantitative estimate of drug-likeness (QED) is 0.706. The van der Waals surface area contributed by atoms with E-state index in [1.807, 2.05) is 6.92 Å². The van der Waals surface area contributed by atoms with E-state index in [0.29, 0.717) is 25.6 Å². The minimum atomic E-state index is -3.15. The molecule has 0 aromatic heterocycles. The zero-order valence-electron chi connectivity index (χ0n) is 11.2. The van der Waals surface area contributed by atoms with E-state index in [1.165, 1.54) is 0 Å². The van der Waals surface area contributed by atoms with Crippen LogP contribution >= 0.6 is 0 Å². The van der Waals surface area contributed by atoms with Gasteiger partial charge in [0.05, 0.1) is 5.25 Å². The lowest BCUT2D eigenvalue weighted by Gasteiger charge is -2.26. The standard InChI is InChI=1S/C11H26N2O2S/c1-6-10(3)9-13(7-2)16(14,15)11(4)8-12-5/h10-12H,6-9H2,1-5H3. The van der Waals surface area contributed by atoms with Crippen LogP contribution in [0.4, 0.5) is 0 Å². The largest absolute Gasteiger partial charge is 0.318 e. The Morgan fingerprint density at radius 1 is 1.25 bits per heavy atom. The van der Waals surface area contributed by atoms with E-state index in [9.17, 15) is 8.42 Å². The highest BCUT2D eigenvalue weighted by Gasteiger charge is 2.27. The van der Waals surface area contributed by atoms with Crippen LogP contribution in [0.1, 0.15) is 34.1 Å². The molecule has 0 radical (unpaired) electrons. The van der Waals surface area contributed by atoms with Crippen molar-refractivity contribution in [2.24, 2.45) is 5.92 Å². The Labute approximate surface area is 100 Å². The molecule has 0 aliphatic rings. The molecule has 0 amide bonds. The molecule has 0 bridgehead atoms. The number of hydrogen-bond acceptors (Lipinski definition) is 3. The Kier molecular flexibility index (Phi) is 7.19. The average molecular weight is 250 g/mol. The maximum atomic E-state index is 12.2. The first kappa shape index (κ1) is 15.9. The smallest absolute Gasteiger partial charge is 0.217 e. The molecule has 0 spiro atoms. The van der Waals surface area contributed by atoms with Gasteiger partial charge in [0.25, 0.3) is 0 Å². The minimum absolute atomic E-state index is 0.360. The third-order valence-corrected chi connectivity index (χ3v) is 5.24. The van der Waals surface area contributed by atoms with Gasteiger partial charge in [-0.3, -0.25) is 0 Å². The maximum absolute atomic E-state index is 12.2. The molecule has 0 fully saturated rings. The summed E-state index contributed by atoms with van der Waals surface area (Å²) in [7, 11) is -1.37. The van der Waals surface area contributed by atoms with Crippen LogP contribution in [0.25, 0.3) is 0 Å². The van der Waals surface area contributed by atoms with Gasteiger partial charge in [-0.1, -0.05) is 27.2 Å². The first-order valence-corrected chi connectivity index (χ1v) is 7.53. The second-order valence-corrected chi connectivity index (χ2v) is 6.73. The van der Waals surface area contributed by atoms with Crippen molar-refractivity contribution in [3.05, 3.63) is 0 Å². The van der Waals surface area contributed by atoms with Crippen molar-refractivity contribution in [3.63, 3.8) is 0 Å². The van der Waals surface area contributed by atoms with E-state index in [4.69, 9.17) is 0 Å². The van der Waals surface area contributed by atoms with Gasteiger partial charge in [-0.2, -0.15) is 0 Å². The molecule has 0 rings (SSSR count). The lowest BCUT2D eigenvalue weighted by atomic mass is 10.1. The van der Waals surface area contributed by atoms with E-state index in [1.54, 1.807) is 18.3 Å². The van der Waals surface area contributed by atoms with Crippen LogP contribution in [0.2, 0.25) is 0 Å². The average Bonchev–Trinajstić information content (AvgIpc) is 2.25. The van der Waals surface area contributed by atoms with Gasteiger partial charge in [0.15, 0.2) is 0 Å². The maximum Gasteiger partial charge on any atom is 0.217 e. The van der Waals surface area contributed by atoms with E-state index in [2.05, 4.69) is 19.2 Å². The van der Waals surface area contributed by atoms with Gasteiger partial charge in [0.2, 0.25) is 10.0 Å². The topological polar surface area (TPSA) is 49.4 Å². The minimum Gasteiger partial charge on any atom is -0.318 e. The van der Waals surface area contributed by atoms with Crippen molar-refractivity contribution in [1.82, 2.24) is 9.62 Å².